The number of allylic oxidation sites excluding steroid dienone is 3. The molecule has 0 aliphatic rings. The van der Waals surface area contributed by atoms with Gasteiger partial charge < -0.3 is 0 Å². The predicted molar refractivity (Wildman–Crippen MR) is 70.3 cm³/mol. The second-order valence-corrected chi connectivity index (χ2v) is 4.64. The molecule has 13 heavy (non-hydrogen) atoms. The van der Waals surface area contributed by atoms with Crippen LogP contribution >= 0.6 is 22.6 Å². The van der Waals surface area contributed by atoms with Crippen LogP contribution in [-0.2, 0) is 0 Å². The van der Waals surface area contributed by atoms with E-state index in [1.165, 1.54) is 47.7 Å². The Balaban J connectivity index is 4.05. The highest BCUT2D eigenvalue weighted by Gasteiger charge is 1.99. The largest absolute Gasteiger partial charge is 0.0988 e. The van der Waals surface area contributed by atoms with Crippen LogP contribution in [0.4, 0.5) is 0 Å². The molecule has 0 bridgehead atoms. The zero-order valence-electron chi connectivity index (χ0n) is 8.91. The molecule has 0 saturated heterocycles. The fraction of sp³-hybridized carbons (Fsp3) is 0.667. The first kappa shape index (κ1) is 13.2. The van der Waals surface area contributed by atoms with Gasteiger partial charge in [0.1, 0.15) is 0 Å². The van der Waals surface area contributed by atoms with Crippen LogP contribution in [0.5, 0.6) is 0 Å². The Morgan fingerprint density at radius 1 is 1.15 bits per heavy atom. The Hall–Kier alpha value is 0.210. The van der Waals surface area contributed by atoms with E-state index in [1.807, 2.05) is 6.08 Å². The second-order valence-electron chi connectivity index (χ2n) is 3.34. The Morgan fingerprint density at radius 2 is 1.69 bits per heavy atom. The average Bonchev–Trinajstić information content (AvgIpc) is 2.16. The van der Waals surface area contributed by atoms with Crippen molar-refractivity contribution < 1.29 is 0 Å². The lowest BCUT2D eigenvalue weighted by Crippen LogP contribution is -1.84. The number of halogens is 1. The first-order chi connectivity index (χ1) is 6.26. The SMILES string of the molecule is C=C/C(CCCC)=C(/I)CCCC. The lowest BCUT2D eigenvalue weighted by atomic mass is 10.1. The third-order valence-electron chi connectivity index (χ3n) is 2.14. The van der Waals surface area contributed by atoms with Gasteiger partial charge >= 0.3 is 0 Å². The van der Waals surface area contributed by atoms with Crippen LogP contribution in [0, 0.1) is 0 Å². The molecule has 0 unspecified atom stereocenters. The van der Waals surface area contributed by atoms with Crippen molar-refractivity contribution >= 4 is 22.6 Å². The van der Waals surface area contributed by atoms with Crippen LogP contribution in [0.1, 0.15) is 52.4 Å². The summed E-state index contributed by atoms with van der Waals surface area (Å²) in [7, 11) is 0. The molecule has 0 saturated carbocycles. The molecule has 0 aliphatic heterocycles. The van der Waals surface area contributed by atoms with Crippen LogP contribution in [0.2, 0.25) is 0 Å². The number of hydrogen-bond donors (Lipinski definition) is 0. The topological polar surface area (TPSA) is 0 Å². The molecule has 0 N–H and O–H groups in total. The van der Waals surface area contributed by atoms with E-state index < -0.39 is 0 Å². The fourth-order valence-electron chi connectivity index (χ4n) is 1.21. The van der Waals surface area contributed by atoms with Crippen LogP contribution in [0.15, 0.2) is 21.8 Å². The summed E-state index contributed by atoms with van der Waals surface area (Å²) in [5, 5.41) is 0. The molecule has 0 aliphatic carbocycles. The van der Waals surface area contributed by atoms with Crippen molar-refractivity contribution in [2.24, 2.45) is 0 Å². The summed E-state index contributed by atoms with van der Waals surface area (Å²) >= 11 is 2.47. The molecule has 0 fully saturated rings. The van der Waals surface area contributed by atoms with Crippen molar-refractivity contribution in [2.45, 2.75) is 52.4 Å². The minimum Gasteiger partial charge on any atom is -0.0988 e. The maximum atomic E-state index is 3.88. The molecular weight excluding hydrogens is 271 g/mol. The van der Waals surface area contributed by atoms with E-state index in [0.717, 1.165) is 0 Å². The van der Waals surface area contributed by atoms with Gasteiger partial charge in [0, 0.05) is 0 Å². The Bertz CT molecular complexity index is 168. The molecule has 0 heterocycles. The maximum absolute atomic E-state index is 3.88. The van der Waals surface area contributed by atoms with Crippen molar-refractivity contribution in [3.05, 3.63) is 21.8 Å². The van der Waals surface area contributed by atoms with Crippen molar-refractivity contribution in [2.75, 3.05) is 0 Å². The summed E-state index contributed by atoms with van der Waals surface area (Å²) in [4.78, 5) is 0. The lowest BCUT2D eigenvalue weighted by molar-refractivity contribution is 0.776. The van der Waals surface area contributed by atoms with Crippen molar-refractivity contribution in [1.29, 1.82) is 0 Å². The van der Waals surface area contributed by atoms with Gasteiger partial charge in [-0.05, 0) is 57.4 Å². The molecule has 1 heteroatoms. The summed E-state index contributed by atoms with van der Waals surface area (Å²) in [6, 6.07) is 0. The highest BCUT2D eigenvalue weighted by Crippen LogP contribution is 2.24. The van der Waals surface area contributed by atoms with Crippen LogP contribution in [0.3, 0.4) is 0 Å². The highest BCUT2D eigenvalue weighted by atomic mass is 127. The minimum atomic E-state index is 1.21. The standard InChI is InChI=1S/C12H21I/c1-4-7-9-11(6-3)12(13)10-8-5-2/h6H,3-5,7-10H2,1-2H3/b12-11-. The van der Waals surface area contributed by atoms with E-state index in [1.54, 1.807) is 0 Å². The van der Waals surface area contributed by atoms with Crippen LogP contribution in [-0.4, -0.2) is 0 Å². The quantitative estimate of drug-likeness (QED) is 0.444. The summed E-state index contributed by atoms with van der Waals surface area (Å²) in [5.74, 6) is 0. The van der Waals surface area contributed by atoms with E-state index in [2.05, 4.69) is 43.0 Å². The zero-order valence-corrected chi connectivity index (χ0v) is 11.1. The van der Waals surface area contributed by atoms with Crippen molar-refractivity contribution in [3.8, 4) is 0 Å². The molecule has 0 aromatic rings. The van der Waals surface area contributed by atoms with Gasteiger partial charge in [-0.25, -0.2) is 0 Å². The van der Waals surface area contributed by atoms with Gasteiger partial charge in [-0.15, -0.1) is 0 Å². The lowest BCUT2D eigenvalue weighted by Gasteiger charge is -2.05. The first-order valence-electron chi connectivity index (χ1n) is 5.26. The first-order valence-corrected chi connectivity index (χ1v) is 6.34. The fourth-order valence-corrected chi connectivity index (χ4v) is 2.08. The molecule has 0 atom stereocenters. The van der Waals surface area contributed by atoms with Crippen LogP contribution < -0.4 is 0 Å². The van der Waals surface area contributed by atoms with Gasteiger partial charge in [-0.3, -0.25) is 0 Å². The second kappa shape index (κ2) is 8.79. The summed E-state index contributed by atoms with van der Waals surface area (Å²) in [6.45, 7) is 8.36. The van der Waals surface area contributed by atoms with Crippen molar-refractivity contribution in [3.63, 3.8) is 0 Å². The molecule has 0 rings (SSSR count). The van der Waals surface area contributed by atoms with E-state index >= 15 is 0 Å². The van der Waals surface area contributed by atoms with E-state index in [4.69, 9.17) is 0 Å². The zero-order chi connectivity index (χ0) is 10.1. The highest BCUT2D eigenvalue weighted by molar-refractivity contribution is 14.1. The van der Waals surface area contributed by atoms with Gasteiger partial charge in [0.25, 0.3) is 0 Å². The normalized spacial score (nSPS) is 12.5. The Labute approximate surface area is 96.6 Å². The summed E-state index contributed by atoms with van der Waals surface area (Å²) < 4.78 is 1.52. The Kier molecular flexibility index (Phi) is 8.93. The van der Waals surface area contributed by atoms with Gasteiger partial charge in [0.2, 0.25) is 0 Å². The smallest absolute Gasteiger partial charge is 0.00623 e. The minimum absolute atomic E-state index is 1.21. The molecule has 76 valence electrons. The van der Waals surface area contributed by atoms with Gasteiger partial charge in [-0.2, -0.15) is 0 Å². The Morgan fingerprint density at radius 3 is 2.15 bits per heavy atom. The third-order valence-corrected chi connectivity index (χ3v) is 3.38. The van der Waals surface area contributed by atoms with E-state index in [9.17, 15) is 0 Å². The third kappa shape index (κ3) is 6.30. The average molecular weight is 292 g/mol. The van der Waals surface area contributed by atoms with Crippen molar-refractivity contribution in [1.82, 2.24) is 0 Å². The molecule has 0 aromatic carbocycles. The number of hydrogen-bond acceptors (Lipinski definition) is 0. The molecule has 0 radical (unpaired) electrons. The van der Waals surface area contributed by atoms with E-state index in [0.29, 0.717) is 0 Å². The summed E-state index contributed by atoms with van der Waals surface area (Å²) in [6.07, 6.45) is 9.64. The van der Waals surface area contributed by atoms with E-state index in [-0.39, 0.29) is 0 Å². The maximum Gasteiger partial charge on any atom is -0.00623 e. The number of rotatable bonds is 7. The summed E-state index contributed by atoms with van der Waals surface area (Å²) in [5.41, 5.74) is 1.47. The van der Waals surface area contributed by atoms with Gasteiger partial charge in [0.05, 0.1) is 0 Å². The molecule has 0 amide bonds. The molecule has 0 spiro atoms. The van der Waals surface area contributed by atoms with Gasteiger partial charge in [0.15, 0.2) is 0 Å². The molecular formula is C12H21I. The predicted octanol–water partition coefficient (Wildman–Crippen LogP) is 5.24. The van der Waals surface area contributed by atoms with Crippen LogP contribution in [0.25, 0.3) is 0 Å². The van der Waals surface area contributed by atoms with Gasteiger partial charge in [-0.1, -0.05) is 39.3 Å². The molecule has 0 aromatic heterocycles. The number of unbranched alkanes of at least 4 members (excludes halogenated alkanes) is 2. The molecule has 0 nitrogen and oxygen atoms in total. The monoisotopic (exact) mass is 292 g/mol.